The molecule has 0 spiro atoms. The number of carbonyl (C=O) groups is 1. The van der Waals surface area contributed by atoms with Gasteiger partial charge in [0.05, 0.1) is 19.1 Å². The summed E-state index contributed by atoms with van der Waals surface area (Å²) in [4.78, 5) is 12.9. The Morgan fingerprint density at radius 1 is 1.19 bits per heavy atom. The van der Waals surface area contributed by atoms with E-state index in [1.807, 2.05) is 13.0 Å². The first-order valence-corrected chi connectivity index (χ1v) is 11.5. The molecule has 0 saturated heterocycles. The minimum atomic E-state index is -3.67. The molecule has 7 heteroatoms. The van der Waals surface area contributed by atoms with Crippen molar-refractivity contribution in [3.05, 3.63) is 23.8 Å². The highest BCUT2D eigenvalue weighted by molar-refractivity contribution is 7.92. The number of nitrogens with zero attached hydrogens (tertiary/aromatic N) is 1. The van der Waals surface area contributed by atoms with E-state index in [0.717, 1.165) is 41.8 Å². The van der Waals surface area contributed by atoms with Gasteiger partial charge in [-0.3, -0.25) is 9.10 Å². The molecule has 1 amide bonds. The van der Waals surface area contributed by atoms with Crippen LogP contribution in [0.2, 0.25) is 0 Å². The zero-order chi connectivity index (χ0) is 20.0. The van der Waals surface area contributed by atoms with Gasteiger partial charge in [-0.25, -0.2) is 8.42 Å². The summed E-state index contributed by atoms with van der Waals surface area (Å²) in [6.45, 7) is 3.50. The molecule has 1 atom stereocenters. The fourth-order valence-corrected chi connectivity index (χ4v) is 4.85. The average Bonchev–Trinajstić information content (AvgIpc) is 2.56. The second kappa shape index (κ2) is 9.44. The Morgan fingerprint density at radius 3 is 2.33 bits per heavy atom. The second-order valence-electron chi connectivity index (χ2n) is 7.46. The van der Waals surface area contributed by atoms with Gasteiger partial charge >= 0.3 is 0 Å². The van der Waals surface area contributed by atoms with Crippen LogP contribution in [0.4, 0.5) is 5.69 Å². The van der Waals surface area contributed by atoms with Crippen LogP contribution in [0, 0.1) is 6.92 Å². The smallest absolute Gasteiger partial charge is 0.243 e. The maximum Gasteiger partial charge on any atom is 0.243 e. The molecule has 1 aromatic rings. The first-order chi connectivity index (χ1) is 12.7. The number of ether oxygens (including phenoxy) is 1. The third-order valence-corrected chi connectivity index (χ3v) is 6.34. The summed E-state index contributed by atoms with van der Waals surface area (Å²) >= 11 is 0. The van der Waals surface area contributed by atoms with Crippen molar-refractivity contribution in [1.82, 2.24) is 5.32 Å². The molecule has 6 nitrogen and oxygen atoms in total. The van der Waals surface area contributed by atoms with Crippen molar-refractivity contribution in [2.45, 2.75) is 70.9 Å². The summed E-state index contributed by atoms with van der Waals surface area (Å²) in [6.07, 6.45) is 8.86. The molecule has 0 bridgehead atoms. The molecule has 1 fully saturated rings. The Balaban J connectivity index is 2.26. The lowest BCUT2D eigenvalue weighted by atomic mass is 9.96. The van der Waals surface area contributed by atoms with Gasteiger partial charge in [0.15, 0.2) is 0 Å². The lowest BCUT2D eigenvalue weighted by molar-refractivity contribution is -0.122. The number of methoxy groups -OCH3 is 1. The number of benzene rings is 1. The zero-order valence-corrected chi connectivity index (χ0v) is 17.6. The normalized spacial score (nSPS) is 17.5. The Hall–Kier alpha value is -1.76. The summed E-state index contributed by atoms with van der Waals surface area (Å²) in [5, 5.41) is 3.07. The SMILES string of the molecule is COc1ccc(C)cc1N([C@@H](C)C(=O)NC1CCCCCCC1)S(C)(=O)=O. The van der Waals surface area contributed by atoms with E-state index in [1.165, 1.54) is 26.4 Å². The summed E-state index contributed by atoms with van der Waals surface area (Å²) < 4.78 is 31.6. The van der Waals surface area contributed by atoms with Crippen molar-refractivity contribution >= 4 is 21.6 Å². The van der Waals surface area contributed by atoms with Crippen LogP contribution in [-0.2, 0) is 14.8 Å². The third kappa shape index (κ3) is 5.86. The van der Waals surface area contributed by atoms with Crippen molar-refractivity contribution in [3.8, 4) is 5.75 Å². The van der Waals surface area contributed by atoms with Crippen molar-refractivity contribution in [2.24, 2.45) is 0 Å². The number of rotatable bonds is 6. The number of amides is 1. The Labute approximate surface area is 163 Å². The van der Waals surface area contributed by atoms with E-state index in [0.29, 0.717) is 11.4 Å². The lowest BCUT2D eigenvalue weighted by Gasteiger charge is -2.31. The van der Waals surface area contributed by atoms with Crippen LogP contribution in [-0.4, -0.2) is 39.8 Å². The molecule has 1 aliphatic carbocycles. The molecule has 27 heavy (non-hydrogen) atoms. The van der Waals surface area contributed by atoms with Gasteiger partial charge in [0.25, 0.3) is 0 Å². The molecule has 0 unspecified atom stereocenters. The Bertz CT molecular complexity index is 740. The zero-order valence-electron chi connectivity index (χ0n) is 16.8. The number of sulfonamides is 1. The second-order valence-corrected chi connectivity index (χ2v) is 9.32. The van der Waals surface area contributed by atoms with E-state index in [-0.39, 0.29) is 11.9 Å². The third-order valence-electron chi connectivity index (χ3n) is 5.11. The fraction of sp³-hybridized carbons (Fsp3) is 0.650. The highest BCUT2D eigenvalue weighted by atomic mass is 32.2. The monoisotopic (exact) mass is 396 g/mol. The predicted octanol–water partition coefficient (Wildman–Crippen LogP) is 3.39. The number of hydrogen-bond donors (Lipinski definition) is 1. The van der Waals surface area contributed by atoms with E-state index in [2.05, 4.69) is 5.32 Å². The van der Waals surface area contributed by atoms with Gasteiger partial charge in [-0.05, 0) is 44.4 Å². The standard InChI is InChI=1S/C20H32N2O4S/c1-15-12-13-19(26-3)18(14-15)22(27(4,24)25)16(2)20(23)21-17-10-8-6-5-7-9-11-17/h12-14,16-17H,5-11H2,1-4H3,(H,21,23)/t16-/m0/s1. The molecule has 1 aliphatic rings. The maximum absolute atomic E-state index is 12.9. The van der Waals surface area contributed by atoms with Crippen LogP contribution in [0.25, 0.3) is 0 Å². The molecule has 1 aromatic carbocycles. The Morgan fingerprint density at radius 2 is 1.78 bits per heavy atom. The van der Waals surface area contributed by atoms with Gasteiger partial charge in [0, 0.05) is 6.04 Å². The van der Waals surface area contributed by atoms with E-state index >= 15 is 0 Å². The van der Waals surface area contributed by atoms with Gasteiger partial charge in [0.1, 0.15) is 11.8 Å². The van der Waals surface area contributed by atoms with Crippen molar-refractivity contribution in [1.29, 1.82) is 0 Å². The molecule has 1 saturated carbocycles. The molecular weight excluding hydrogens is 364 g/mol. The highest BCUT2D eigenvalue weighted by Crippen LogP contribution is 2.32. The predicted molar refractivity (Wildman–Crippen MR) is 109 cm³/mol. The van der Waals surface area contributed by atoms with Crippen LogP contribution in [0.15, 0.2) is 18.2 Å². The molecule has 0 aromatic heterocycles. The van der Waals surface area contributed by atoms with Crippen LogP contribution in [0.1, 0.15) is 57.4 Å². The minimum absolute atomic E-state index is 0.112. The summed E-state index contributed by atoms with van der Waals surface area (Å²) in [7, 11) is -2.18. The molecular formula is C20H32N2O4S. The molecule has 1 N–H and O–H groups in total. The van der Waals surface area contributed by atoms with E-state index in [9.17, 15) is 13.2 Å². The topological polar surface area (TPSA) is 75.7 Å². The van der Waals surface area contributed by atoms with Crippen LogP contribution >= 0.6 is 0 Å². The summed E-state index contributed by atoms with van der Waals surface area (Å²) in [6, 6.07) is 4.56. The van der Waals surface area contributed by atoms with Crippen LogP contribution in [0.3, 0.4) is 0 Å². The molecule has 2 rings (SSSR count). The number of nitrogens with one attached hydrogen (secondary N) is 1. The lowest BCUT2D eigenvalue weighted by Crippen LogP contribution is -2.50. The van der Waals surface area contributed by atoms with Gasteiger partial charge in [-0.15, -0.1) is 0 Å². The van der Waals surface area contributed by atoms with Gasteiger partial charge in [-0.1, -0.05) is 38.2 Å². The van der Waals surface area contributed by atoms with Crippen LogP contribution in [0.5, 0.6) is 5.75 Å². The maximum atomic E-state index is 12.9. The highest BCUT2D eigenvalue weighted by Gasteiger charge is 2.32. The number of carbonyl (C=O) groups excluding carboxylic acids is 1. The number of anilines is 1. The fourth-order valence-electron chi connectivity index (χ4n) is 3.68. The van der Waals surface area contributed by atoms with Crippen molar-refractivity contribution < 1.29 is 17.9 Å². The van der Waals surface area contributed by atoms with Crippen molar-refractivity contribution in [2.75, 3.05) is 17.7 Å². The number of aryl methyl sites for hydroxylation is 1. The van der Waals surface area contributed by atoms with E-state index in [4.69, 9.17) is 4.74 Å². The molecule has 0 aliphatic heterocycles. The van der Waals surface area contributed by atoms with Crippen molar-refractivity contribution in [3.63, 3.8) is 0 Å². The molecule has 152 valence electrons. The summed E-state index contributed by atoms with van der Waals surface area (Å²) in [5.41, 5.74) is 1.28. The summed E-state index contributed by atoms with van der Waals surface area (Å²) in [5.74, 6) is 0.159. The minimum Gasteiger partial charge on any atom is -0.495 e. The van der Waals surface area contributed by atoms with E-state index in [1.54, 1.807) is 19.1 Å². The van der Waals surface area contributed by atoms with Crippen LogP contribution < -0.4 is 14.4 Å². The number of hydrogen-bond acceptors (Lipinski definition) is 4. The average molecular weight is 397 g/mol. The van der Waals surface area contributed by atoms with E-state index < -0.39 is 16.1 Å². The largest absolute Gasteiger partial charge is 0.495 e. The first kappa shape index (κ1) is 21.5. The van der Waals surface area contributed by atoms with Gasteiger partial charge < -0.3 is 10.1 Å². The molecule has 0 heterocycles. The van der Waals surface area contributed by atoms with Gasteiger partial charge in [-0.2, -0.15) is 0 Å². The van der Waals surface area contributed by atoms with Gasteiger partial charge in [0.2, 0.25) is 15.9 Å². The first-order valence-electron chi connectivity index (χ1n) is 9.68. The Kier molecular flexibility index (Phi) is 7.53. The quantitative estimate of drug-likeness (QED) is 0.800. The molecule has 0 radical (unpaired) electrons.